The average molecular weight is 747 g/mol. The van der Waals surface area contributed by atoms with E-state index < -0.39 is 0 Å². The van der Waals surface area contributed by atoms with Crippen molar-refractivity contribution in [1.82, 2.24) is 30.4 Å². The zero-order valence-corrected chi connectivity index (χ0v) is 33.4. The van der Waals surface area contributed by atoms with E-state index in [1.54, 1.807) is 42.7 Å². The van der Waals surface area contributed by atoms with E-state index in [0.717, 1.165) is 85.2 Å². The number of ether oxygens (including phenoxy) is 6. The fraction of sp³-hybridized carbons (Fsp3) is 0.619. The van der Waals surface area contributed by atoms with Crippen molar-refractivity contribution in [3.63, 3.8) is 0 Å². The summed E-state index contributed by atoms with van der Waals surface area (Å²) in [4.78, 5) is 12.5. The number of benzene rings is 2. The summed E-state index contributed by atoms with van der Waals surface area (Å²) >= 11 is 0. The number of rotatable bonds is 12. The molecule has 0 saturated carbocycles. The monoisotopic (exact) mass is 746 g/mol. The van der Waals surface area contributed by atoms with E-state index in [1.165, 1.54) is 87.2 Å². The van der Waals surface area contributed by atoms with E-state index in [0.29, 0.717) is 35.1 Å². The van der Waals surface area contributed by atoms with Crippen LogP contribution < -0.4 is 39.1 Å². The van der Waals surface area contributed by atoms with Crippen molar-refractivity contribution >= 4 is 21.8 Å². The van der Waals surface area contributed by atoms with Crippen LogP contribution in [-0.2, 0) is 12.8 Å². The number of likely N-dealkylation sites (tertiary alicyclic amines) is 2. The maximum Gasteiger partial charge on any atom is 0.204 e. The largest absolute Gasteiger partial charge is 0.493 e. The number of aromatic nitrogens is 2. The first-order valence-corrected chi connectivity index (χ1v) is 20.1. The van der Waals surface area contributed by atoms with Gasteiger partial charge in [-0.05, 0) is 115 Å². The Morgan fingerprint density at radius 3 is 1.26 bits per heavy atom. The molecule has 2 aromatic carbocycles. The Labute approximate surface area is 320 Å². The molecule has 12 heteroatoms. The molecule has 296 valence electrons. The lowest BCUT2D eigenvalue weighted by atomic mass is 9.96. The smallest absolute Gasteiger partial charge is 0.204 e. The predicted octanol–water partition coefficient (Wildman–Crippen LogP) is 6.51. The Morgan fingerprint density at radius 1 is 0.519 bits per heavy atom. The number of hydrogen-bond acceptors (Lipinski definition) is 10. The minimum absolute atomic E-state index is 0.352. The molecule has 2 saturated heterocycles. The summed E-state index contributed by atoms with van der Waals surface area (Å²) in [5.74, 6) is 4.24. The molecule has 54 heavy (non-hydrogen) atoms. The molecule has 0 aliphatic carbocycles. The average Bonchev–Trinajstić information content (AvgIpc) is 3.80. The van der Waals surface area contributed by atoms with Gasteiger partial charge in [-0.25, -0.2) is 0 Å². The molecule has 0 radical (unpaired) electrons. The molecule has 4 aliphatic heterocycles. The summed E-state index contributed by atoms with van der Waals surface area (Å²) in [6, 6.07) is 4.75. The molecule has 4 aromatic rings. The number of nitrogens with zero attached hydrogens (tertiary/aromatic N) is 2. The standard InChI is InChI=1S/2C21H31N3O3/c2*1-25-17-13-16-18(21(27-3)20(17)26-2)14-7-9-22-15(19(14)23-16)8-12-24-10-5-4-6-11-24/h2*13,15,22-23H,4-12H2,1-3H3/t2*15-/m10/s1. The molecule has 0 spiro atoms. The van der Waals surface area contributed by atoms with Gasteiger partial charge in [-0.15, -0.1) is 0 Å². The molecule has 0 bridgehead atoms. The predicted molar refractivity (Wildman–Crippen MR) is 215 cm³/mol. The van der Waals surface area contributed by atoms with Gasteiger partial charge >= 0.3 is 0 Å². The van der Waals surface area contributed by atoms with Gasteiger partial charge in [-0.2, -0.15) is 0 Å². The lowest BCUT2D eigenvalue weighted by Crippen LogP contribution is -2.35. The third-order valence-electron chi connectivity index (χ3n) is 12.0. The second kappa shape index (κ2) is 17.7. The molecular formula is C42H62N6O6. The molecule has 2 aromatic heterocycles. The van der Waals surface area contributed by atoms with Crippen LogP contribution in [0, 0.1) is 0 Å². The second-order valence-electron chi connectivity index (χ2n) is 15.1. The van der Waals surface area contributed by atoms with Gasteiger partial charge in [0.25, 0.3) is 0 Å². The van der Waals surface area contributed by atoms with Crippen LogP contribution in [0.5, 0.6) is 34.5 Å². The van der Waals surface area contributed by atoms with E-state index in [4.69, 9.17) is 28.4 Å². The molecular weight excluding hydrogens is 684 g/mol. The highest BCUT2D eigenvalue weighted by Crippen LogP contribution is 2.48. The lowest BCUT2D eigenvalue weighted by molar-refractivity contribution is 0.215. The van der Waals surface area contributed by atoms with Gasteiger partial charge in [-0.1, -0.05) is 12.8 Å². The summed E-state index contributed by atoms with van der Waals surface area (Å²) in [6.45, 7) is 9.25. The topological polar surface area (TPSA) is 118 Å². The second-order valence-corrected chi connectivity index (χ2v) is 15.1. The fourth-order valence-electron chi connectivity index (χ4n) is 9.36. The van der Waals surface area contributed by atoms with Crippen LogP contribution >= 0.6 is 0 Å². The Morgan fingerprint density at radius 2 is 0.907 bits per heavy atom. The third kappa shape index (κ3) is 7.67. The van der Waals surface area contributed by atoms with Crippen LogP contribution in [0.25, 0.3) is 21.8 Å². The van der Waals surface area contributed by atoms with Crippen molar-refractivity contribution in [2.45, 2.75) is 76.3 Å². The molecule has 2 atom stereocenters. The summed E-state index contributed by atoms with van der Waals surface area (Å²) < 4.78 is 33.7. The first kappa shape index (κ1) is 38.4. The number of methoxy groups -OCH3 is 6. The van der Waals surface area contributed by atoms with Crippen molar-refractivity contribution in [1.29, 1.82) is 0 Å². The third-order valence-corrected chi connectivity index (χ3v) is 12.0. The van der Waals surface area contributed by atoms with E-state index in [-0.39, 0.29) is 0 Å². The molecule has 12 nitrogen and oxygen atoms in total. The summed E-state index contributed by atoms with van der Waals surface area (Å²) in [5, 5.41) is 9.69. The molecule has 6 heterocycles. The lowest BCUT2D eigenvalue weighted by Gasteiger charge is -2.30. The molecule has 4 aliphatic rings. The maximum absolute atomic E-state index is 5.75. The van der Waals surface area contributed by atoms with Gasteiger partial charge < -0.3 is 58.8 Å². The summed E-state index contributed by atoms with van der Waals surface area (Å²) in [6.07, 6.45) is 12.3. The molecule has 0 unspecified atom stereocenters. The van der Waals surface area contributed by atoms with Gasteiger partial charge in [0.2, 0.25) is 11.5 Å². The number of aromatic amines is 2. The number of H-pyrrole nitrogens is 2. The van der Waals surface area contributed by atoms with Crippen LogP contribution in [0.2, 0.25) is 0 Å². The zero-order chi connectivity index (χ0) is 37.6. The highest BCUT2D eigenvalue weighted by Gasteiger charge is 2.30. The highest BCUT2D eigenvalue weighted by molar-refractivity contribution is 5.96. The fourth-order valence-corrected chi connectivity index (χ4v) is 9.36. The zero-order valence-electron chi connectivity index (χ0n) is 33.4. The first-order chi connectivity index (χ1) is 26.5. The minimum Gasteiger partial charge on any atom is -0.493 e. The van der Waals surface area contributed by atoms with E-state index >= 15 is 0 Å². The Kier molecular flexibility index (Phi) is 12.6. The Hall–Kier alpha value is -3.84. The van der Waals surface area contributed by atoms with Crippen LogP contribution in [0.4, 0.5) is 0 Å². The van der Waals surface area contributed by atoms with Crippen molar-refractivity contribution in [2.24, 2.45) is 0 Å². The normalized spacial score (nSPS) is 20.5. The van der Waals surface area contributed by atoms with Gasteiger partial charge in [0, 0.05) is 46.4 Å². The van der Waals surface area contributed by atoms with Gasteiger partial charge in [-0.3, -0.25) is 0 Å². The Bertz CT molecular complexity index is 1730. The van der Waals surface area contributed by atoms with Crippen LogP contribution in [0.3, 0.4) is 0 Å². The maximum atomic E-state index is 5.75. The minimum atomic E-state index is 0.352. The van der Waals surface area contributed by atoms with Crippen LogP contribution in [0.1, 0.15) is 86.0 Å². The molecule has 2 fully saturated rings. The van der Waals surface area contributed by atoms with Gasteiger partial charge in [0.05, 0.1) is 53.7 Å². The van der Waals surface area contributed by atoms with E-state index in [1.807, 2.05) is 12.1 Å². The van der Waals surface area contributed by atoms with Crippen molar-refractivity contribution in [3.05, 3.63) is 34.6 Å². The highest BCUT2D eigenvalue weighted by atomic mass is 16.5. The van der Waals surface area contributed by atoms with Crippen LogP contribution in [0.15, 0.2) is 12.1 Å². The summed E-state index contributed by atoms with van der Waals surface area (Å²) in [7, 11) is 10.0. The van der Waals surface area contributed by atoms with Crippen molar-refractivity contribution < 1.29 is 28.4 Å². The van der Waals surface area contributed by atoms with Gasteiger partial charge in [0.15, 0.2) is 23.0 Å². The molecule has 0 amide bonds. The van der Waals surface area contributed by atoms with E-state index in [2.05, 4.69) is 30.4 Å². The van der Waals surface area contributed by atoms with E-state index in [9.17, 15) is 0 Å². The number of fused-ring (bicyclic) bond motifs is 6. The quantitative estimate of drug-likeness (QED) is 0.128. The molecule has 8 rings (SSSR count). The van der Waals surface area contributed by atoms with Crippen molar-refractivity contribution in [2.75, 3.05) is 95.0 Å². The van der Waals surface area contributed by atoms with Gasteiger partial charge in [0.1, 0.15) is 0 Å². The first-order valence-electron chi connectivity index (χ1n) is 20.1. The summed E-state index contributed by atoms with van der Waals surface area (Å²) in [5.41, 5.74) is 7.40. The number of hydrogen-bond donors (Lipinski definition) is 4. The molecule has 4 N–H and O–H groups in total. The Balaban J connectivity index is 0.000000167. The number of piperidine rings is 2. The van der Waals surface area contributed by atoms with Crippen LogP contribution in [-0.4, -0.2) is 115 Å². The SMILES string of the molecule is COc1cc2[nH]c3c(c2c(OC)c1OC)CCN[C@@H]3CCN1CCCCC1.COc1cc2[nH]c3c(c2c(OC)c1OC)CCN[C@H]3CCN1CCCCC1. The van der Waals surface area contributed by atoms with Crippen molar-refractivity contribution in [3.8, 4) is 34.5 Å². The number of nitrogens with one attached hydrogen (secondary N) is 4.